The molecule has 0 bridgehead atoms. The molecule has 46 valence electrons. The Labute approximate surface area is 57.1 Å². The van der Waals surface area contributed by atoms with Gasteiger partial charge in [-0.3, -0.25) is 0 Å². The highest BCUT2D eigenvalue weighted by molar-refractivity contribution is 8.03. The van der Waals surface area contributed by atoms with Gasteiger partial charge in [0.1, 0.15) is 8.07 Å². The minimum Gasteiger partial charge on any atom is -0.120 e. The van der Waals surface area contributed by atoms with Crippen molar-refractivity contribution in [1.82, 2.24) is 0 Å². The zero-order valence-electron chi connectivity index (χ0n) is 5.91. The van der Waals surface area contributed by atoms with Crippen LogP contribution in [0.25, 0.3) is 0 Å². The minimum atomic E-state index is -1.06. The summed E-state index contributed by atoms with van der Waals surface area (Å²) in [5, 5.41) is 3.02. The lowest BCUT2D eigenvalue weighted by Gasteiger charge is -2.01. The second kappa shape index (κ2) is 3.21. The zero-order chi connectivity index (χ0) is 6.62. The van der Waals surface area contributed by atoms with Crippen molar-refractivity contribution in [3.05, 3.63) is 0 Å². The van der Waals surface area contributed by atoms with Crippen LogP contribution in [0.15, 0.2) is 0 Å². The first-order valence-electron chi connectivity index (χ1n) is 2.61. The minimum absolute atomic E-state index is 1.06. The van der Waals surface area contributed by atoms with Gasteiger partial charge in [-0.05, 0) is 11.5 Å². The largest absolute Gasteiger partial charge is 0.130 e. The summed E-state index contributed by atoms with van der Waals surface area (Å²) in [7, 11) is -1.06. The van der Waals surface area contributed by atoms with Gasteiger partial charge < -0.3 is 0 Å². The summed E-state index contributed by atoms with van der Waals surface area (Å²) in [6.45, 7) is 6.74. The van der Waals surface area contributed by atoms with E-state index in [4.69, 9.17) is 0 Å². The summed E-state index contributed by atoms with van der Waals surface area (Å²) >= 11 is 1.60. The third-order valence-corrected chi connectivity index (χ3v) is 1.89. The van der Waals surface area contributed by atoms with Crippen LogP contribution in [0.5, 0.6) is 0 Å². The lowest BCUT2D eigenvalue weighted by Crippen LogP contribution is -2.15. The lowest BCUT2D eigenvalue weighted by atomic mass is 11.4. The van der Waals surface area contributed by atoms with Crippen LogP contribution in [0, 0.1) is 10.8 Å². The van der Waals surface area contributed by atoms with E-state index in [1.54, 1.807) is 11.8 Å². The third-order valence-electron chi connectivity index (χ3n) is 0.528. The van der Waals surface area contributed by atoms with E-state index in [1.807, 2.05) is 6.26 Å². The average Bonchev–Trinajstić information content (AvgIpc) is 1.59. The standard InChI is InChI=1S/C6H12SSi/c1-7-5-6-8(2,3)4/h1-4H3. The first-order chi connectivity index (χ1) is 3.56. The van der Waals surface area contributed by atoms with Crippen LogP contribution in [0.3, 0.4) is 0 Å². The molecular weight excluding hydrogens is 132 g/mol. The molecule has 0 aliphatic carbocycles. The van der Waals surface area contributed by atoms with E-state index in [0.29, 0.717) is 0 Å². The highest BCUT2D eigenvalue weighted by Crippen LogP contribution is 1.97. The maximum absolute atomic E-state index is 3.22. The van der Waals surface area contributed by atoms with Gasteiger partial charge in [-0.25, -0.2) is 0 Å². The molecule has 8 heavy (non-hydrogen) atoms. The Morgan fingerprint density at radius 3 is 1.88 bits per heavy atom. The molecule has 0 unspecified atom stereocenters. The molecule has 0 fully saturated rings. The molecule has 0 nitrogen and oxygen atoms in total. The van der Waals surface area contributed by atoms with Crippen molar-refractivity contribution in [3.63, 3.8) is 0 Å². The van der Waals surface area contributed by atoms with E-state index in [0.717, 1.165) is 0 Å². The quantitative estimate of drug-likeness (QED) is 0.371. The first-order valence-corrected chi connectivity index (χ1v) is 7.34. The molecule has 0 aromatic carbocycles. The van der Waals surface area contributed by atoms with E-state index >= 15 is 0 Å². The van der Waals surface area contributed by atoms with Gasteiger partial charge in [-0.2, -0.15) is 0 Å². The van der Waals surface area contributed by atoms with E-state index in [1.165, 1.54) is 0 Å². The molecule has 0 saturated carbocycles. The fraction of sp³-hybridized carbons (Fsp3) is 0.667. The summed E-state index contributed by atoms with van der Waals surface area (Å²) in [4.78, 5) is 0. The monoisotopic (exact) mass is 144 g/mol. The van der Waals surface area contributed by atoms with Gasteiger partial charge in [0.2, 0.25) is 0 Å². The van der Waals surface area contributed by atoms with E-state index in [-0.39, 0.29) is 0 Å². The molecule has 0 aromatic rings. The molecule has 0 aliphatic heterocycles. The van der Waals surface area contributed by atoms with E-state index in [2.05, 4.69) is 30.4 Å². The maximum atomic E-state index is 3.22. The fourth-order valence-electron chi connectivity index (χ4n) is 0.204. The molecule has 2 heteroatoms. The Balaban J connectivity index is 3.69. The fourth-order valence-corrected chi connectivity index (χ4v) is 1.84. The van der Waals surface area contributed by atoms with Crippen molar-refractivity contribution in [3.8, 4) is 10.8 Å². The van der Waals surface area contributed by atoms with Crippen molar-refractivity contribution >= 4 is 19.8 Å². The van der Waals surface area contributed by atoms with Crippen LogP contribution in [-0.2, 0) is 0 Å². The zero-order valence-corrected chi connectivity index (χ0v) is 7.72. The topological polar surface area (TPSA) is 0 Å². The SMILES string of the molecule is CSC#C[Si](C)(C)C. The Kier molecular flexibility index (Phi) is 3.26. The van der Waals surface area contributed by atoms with Crippen molar-refractivity contribution in [2.75, 3.05) is 6.26 Å². The van der Waals surface area contributed by atoms with Crippen LogP contribution in [0.2, 0.25) is 19.6 Å². The van der Waals surface area contributed by atoms with Gasteiger partial charge in [0.15, 0.2) is 0 Å². The van der Waals surface area contributed by atoms with Gasteiger partial charge in [0.05, 0.1) is 0 Å². The molecule has 0 amide bonds. The molecule has 0 heterocycles. The Morgan fingerprint density at radius 1 is 1.25 bits per heavy atom. The van der Waals surface area contributed by atoms with Crippen LogP contribution < -0.4 is 0 Å². The highest BCUT2D eigenvalue weighted by atomic mass is 32.2. The molecule has 0 spiro atoms. The Morgan fingerprint density at radius 2 is 1.75 bits per heavy atom. The van der Waals surface area contributed by atoms with Gasteiger partial charge >= 0.3 is 0 Å². The van der Waals surface area contributed by atoms with Crippen molar-refractivity contribution < 1.29 is 0 Å². The smallest absolute Gasteiger partial charge is 0.120 e. The van der Waals surface area contributed by atoms with Crippen molar-refractivity contribution in [1.29, 1.82) is 0 Å². The summed E-state index contributed by atoms with van der Waals surface area (Å²) in [6, 6.07) is 0. The molecule has 0 saturated heterocycles. The summed E-state index contributed by atoms with van der Waals surface area (Å²) in [5.41, 5.74) is 3.22. The summed E-state index contributed by atoms with van der Waals surface area (Å²) in [6.07, 6.45) is 2.01. The molecular formula is C6H12SSi. The molecule has 0 aliphatic rings. The summed E-state index contributed by atoms with van der Waals surface area (Å²) < 4.78 is 0. The highest BCUT2D eigenvalue weighted by Gasteiger charge is 2.06. The van der Waals surface area contributed by atoms with Gasteiger partial charge in [0.25, 0.3) is 0 Å². The van der Waals surface area contributed by atoms with Crippen LogP contribution in [0.1, 0.15) is 0 Å². The molecule has 0 rings (SSSR count). The predicted molar refractivity (Wildman–Crippen MR) is 44.6 cm³/mol. The van der Waals surface area contributed by atoms with E-state index < -0.39 is 8.07 Å². The second-order valence-corrected chi connectivity index (χ2v) is 8.04. The van der Waals surface area contributed by atoms with E-state index in [9.17, 15) is 0 Å². The number of thioether (sulfide) groups is 1. The molecule has 0 aromatic heterocycles. The van der Waals surface area contributed by atoms with Crippen LogP contribution >= 0.6 is 11.8 Å². The lowest BCUT2D eigenvalue weighted by molar-refractivity contribution is 1.82. The van der Waals surface area contributed by atoms with Gasteiger partial charge in [0, 0.05) is 0 Å². The second-order valence-electron chi connectivity index (χ2n) is 2.68. The average molecular weight is 144 g/mol. The van der Waals surface area contributed by atoms with Crippen LogP contribution in [0.4, 0.5) is 0 Å². The normalized spacial score (nSPS) is 10.0. The first kappa shape index (κ1) is 8.13. The maximum Gasteiger partial charge on any atom is 0.130 e. The molecule has 0 radical (unpaired) electrons. The Hall–Kier alpha value is 0.127. The number of rotatable bonds is 0. The molecule has 0 N–H and O–H groups in total. The third kappa shape index (κ3) is 6.13. The number of hydrogen-bond acceptors (Lipinski definition) is 1. The van der Waals surface area contributed by atoms with Gasteiger partial charge in [-0.15, -0.1) is 5.54 Å². The molecule has 0 atom stereocenters. The number of hydrogen-bond donors (Lipinski definition) is 0. The predicted octanol–water partition coefficient (Wildman–Crippen LogP) is 2.19. The van der Waals surface area contributed by atoms with Crippen molar-refractivity contribution in [2.24, 2.45) is 0 Å². The summed E-state index contributed by atoms with van der Waals surface area (Å²) in [5.74, 6) is 0. The van der Waals surface area contributed by atoms with Crippen molar-refractivity contribution in [2.45, 2.75) is 19.6 Å². The van der Waals surface area contributed by atoms with Gasteiger partial charge in [-0.1, -0.05) is 31.4 Å². The van der Waals surface area contributed by atoms with Crippen LogP contribution in [-0.4, -0.2) is 14.3 Å². The Bertz CT molecular complexity index is 113.